The van der Waals surface area contributed by atoms with E-state index in [0.717, 1.165) is 12.1 Å². The van der Waals surface area contributed by atoms with E-state index in [1.165, 1.54) is 41.1 Å². The third-order valence-corrected chi connectivity index (χ3v) is 6.47. The third kappa shape index (κ3) is 5.19. The average Bonchev–Trinajstić information content (AvgIpc) is 3.24. The van der Waals surface area contributed by atoms with Crippen molar-refractivity contribution in [2.45, 2.75) is 19.3 Å². The van der Waals surface area contributed by atoms with Crippen molar-refractivity contribution in [3.8, 4) is 17.0 Å². The lowest BCUT2D eigenvalue weighted by Crippen LogP contribution is -2.07. The number of nitrogens with zero attached hydrogens (tertiary/aromatic N) is 2. The Kier molecular flexibility index (Phi) is 7.03. The summed E-state index contributed by atoms with van der Waals surface area (Å²) in [4.78, 5) is 0. The third-order valence-electron chi connectivity index (χ3n) is 5.94. The summed E-state index contributed by atoms with van der Waals surface area (Å²) in [5.74, 6) is -0.869. The van der Waals surface area contributed by atoms with E-state index in [1.54, 1.807) is 30.3 Å². The monoisotopic (exact) mass is 562 g/mol. The van der Waals surface area contributed by atoms with Crippen LogP contribution in [0.15, 0.2) is 78.9 Å². The Balaban J connectivity index is 1.60. The maximum absolute atomic E-state index is 14.6. The van der Waals surface area contributed by atoms with Gasteiger partial charge in [0.1, 0.15) is 29.5 Å². The summed E-state index contributed by atoms with van der Waals surface area (Å²) in [6.45, 7) is -0.271. The van der Waals surface area contributed by atoms with Gasteiger partial charge in [0.25, 0.3) is 0 Å². The van der Waals surface area contributed by atoms with Crippen LogP contribution in [0.3, 0.4) is 0 Å². The maximum Gasteiger partial charge on any atom is 0.418 e. The standard InChI is InChI=1S/C28H17Cl2F5N2O/c29-19-11-10-17(24(31)13-19)14-37-27(21-7-3-8-22(26(21)36-37)28(33,34)35)16-4-1-6-20(12-16)38-15-18-5-2-9-23(30)25(18)32/h1-13H,14-15H2. The van der Waals surface area contributed by atoms with Crippen molar-refractivity contribution in [3.63, 3.8) is 0 Å². The molecular formula is C28H17Cl2F5N2O. The van der Waals surface area contributed by atoms with E-state index in [4.69, 9.17) is 27.9 Å². The van der Waals surface area contributed by atoms with Crippen molar-refractivity contribution >= 4 is 34.1 Å². The van der Waals surface area contributed by atoms with Gasteiger partial charge in [0, 0.05) is 27.1 Å². The molecule has 0 fully saturated rings. The lowest BCUT2D eigenvalue weighted by molar-refractivity contribution is -0.136. The van der Waals surface area contributed by atoms with Gasteiger partial charge in [-0.15, -0.1) is 0 Å². The Hall–Kier alpha value is -3.62. The highest BCUT2D eigenvalue weighted by Crippen LogP contribution is 2.39. The van der Waals surface area contributed by atoms with Crippen molar-refractivity contribution in [2.24, 2.45) is 0 Å². The van der Waals surface area contributed by atoms with E-state index < -0.39 is 23.4 Å². The molecule has 4 aromatic carbocycles. The molecule has 0 unspecified atom stereocenters. The molecule has 194 valence electrons. The first kappa shape index (κ1) is 26.0. The zero-order valence-corrected chi connectivity index (χ0v) is 20.9. The Labute approximate surface area is 224 Å². The van der Waals surface area contributed by atoms with Crippen LogP contribution in [-0.4, -0.2) is 9.78 Å². The zero-order chi connectivity index (χ0) is 27.0. The molecule has 1 heterocycles. The van der Waals surface area contributed by atoms with Gasteiger partial charge in [0.2, 0.25) is 0 Å². The van der Waals surface area contributed by atoms with Crippen molar-refractivity contribution in [3.05, 3.63) is 117 Å². The predicted molar refractivity (Wildman–Crippen MR) is 136 cm³/mol. The molecule has 38 heavy (non-hydrogen) atoms. The summed E-state index contributed by atoms with van der Waals surface area (Å²) >= 11 is 11.7. The molecule has 0 amide bonds. The van der Waals surface area contributed by atoms with E-state index in [2.05, 4.69) is 5.10 Å². The molecular weight excluding hydrogens is 546 g/mol. The van der Waals surface area contributed by atoms with Crippen molar-refractivity contribution in [1.29, 1.82) is 0 Å². The zero-order valence-electron chi connectivity index (χ0n) is 19.4. The topological polar surface area (TPSA) is 27.1 Å². The second-order valence-corrected chi connectivity index (χ2v) is 9.31. The summed E-state index contributed by atoms with van der Waals surface area (Å²) in [6.07, 6.45) is -4.65. The molecule has 0 spiro atoms. The minimum absolute atomic E-state index is 0.0369. The molecule has 0 N–H and O–H groups in total. The van der Waals surface area contributed by atoms with E-state index in [-0.39, 0.29) is 45.2 Å². The number of rotatable bonds is 6. The van der Waals surface area contributed by atoms with Gasteiger partial charge in [-0.2, -0.15) is 18.3 Å². The van der Waals surface area contributed by atoms with Gasteiger partial charge in [0.15, 0.2) is 0 Å². The average molecular weight is 563 g/mol. The summed E-state index contributed by atoms with van der Waals surface area (Å²) < 4.78 is 77.4. The molecule has 0 atom stereocenters. The van der Waals surface area contributed by atoms with Crippen LogP contribution >= 0.6 is 23.2 Å². The fraction of sp³-hybridized carbons (Fsp3) is 0.107. The summed E-state index contributed by atoms with van der Waals surface area (Å²) in [6, 6.07) is 19.0. The number of hydrogen-bond donors (Lipinski definition) is 0. The highest BCUT2D eigenvalue weighted by atomic mass is 35.5. The predicted octanol–water partition coefficient (Wildman–Crippen LogP) is 8.93. The molecule has 0 aliphatic heterocycles. The first-order chi connectivity index (χ1) is 18.1. The second kappa shape index (κ2) is 10.3. The normalized spacial score (nSPS) is 11.8. The second-order valence-electron chi connectivity index (χ2n) is 8.47. The lowest BCUT2D eigenvalue weighted by Gasteiger charge is -2.12. The lowest BCUT2D eigenvalue weighted by atomic mass is 10.0. The summed E-state index contributed by atoms with van der Waals surface area (Å²) in [7, 11) is 0. The number of aromatic nitrogens is 2. The van der Waals surface area contributed by atoms with E-state index in [1.807, 2.05) is 0 Å². The molecule has 0 saturated carbocycles. The molecule has 0 bridgehead atoms. The first-order valence-electron chi connectivity index (χ1n) is 11.3. The highest BCUT2D eigenvalue weighted by Gasteiger charge is 2.34. The summed E-state index contributed by atoms with van der Waals surface area (Å²) in [5, 5.41) is 4.63. The Bertz CT molecular complexity index is 1650. The van der Waals surface area contributed by atoms with Gasteiger partial charge in [-0.1, -0.05) is 65.7 Å². The fourth-order valence-electron chi connectivity index (χ4n) is 4.17. The van der Waals surface area contributed by atoms with E-state index in [0.29, 0.717) is 17.0 Å². The maximum atomic E-state index is 14.6. The molecule has 1 aromatic heterocycles. The fourth-order valence-corrected chi connectivity index (χ4v) is 4.52. The molecule has 5 aromatic rings. The van der Waals surface area contributed by atoms with Crippen molar-refractivity contribution in [2.75, 3.05) is 0 Å². The molecule has 10 heteroatoms. The molecule has 0 radical (unpaired) electrons. The van der Waals surface area contributed by atoms with Gasteiger partial charge in [-0.25, -0.2) is 8.78 Å². The first-order valence-corrected chi connectivity index (χ1v) is 12.0. The van der Waals surface area contributed by atoms with E-state index >= 15 is 0 Å². The van der Waals surface area contributed by atoms with Crippen LogP contribution in [0.25, 0.3) is 22.2 Å². The molecule has 0 aliphatic rings. The Morgan fingerprint density at radius 3 is 2.37 bits per heavy atom. The van der Waals surface area contributed by atoms with Crippen LogP contribution in [-0.2, 0) is 19.3 Å². The number of fused-ring (bicyclic) bond motifs is 1. The van der Waals surface area contributed by atoms with Crippen LogP contribution in [0.2, 0.25) is 10.0 Å². The minimum atomic E-state index is -4.65. The SMILES string of the molecule is Fc1cc(Cl)ccc1Cn1nc2c(C(F)(F)F)cccc2c1-c1cccc(OCc2cccc(Cl)c2F)c1. The number of alkyl halides is 3. The Morgan fingerprint density at radius 1 is 0.842 bits per heavy atom. The van der Waals surface area contributed by atoms with Gasteiger partial charge in [0.05, 0.1) is 22.8 Å². The van der Waals surface area contributed by atoms with Crippen molar-refractivity contribution in [1.82, 2.24) is 9.78 Å². The highest BCUT2D eigenvalue weighted by molar-refractivity contribution is 6.31. The summed E-state index contributed by atoms with van der Waals surface area (Å²) in [5.41, 5.74) is 0.0736. The number of halogens is 7. The molecule has 3 nitrogen and oxygen atoms in total. The van der Waals surface area contributed by atoms with Crippen LogP contribution in [0.1, 0.15) is 16.7 Å². The Morgan fingerprint density at radius 2 is 1.61 bits per heavy atom. The molecule has 5 rings (SSSR count). The largest absolute Gasteiger partial charge is 0.489 e. The van der Waals surface area contributed by atoms with E-state index in [9.17, 15) is 22.0 Å². The van der Waals surface area contributed by atoms with Gasteiger partial charge in [-0.05, 0) is 36.4 Å². The number of ether oxygens (including phenoxy) is 1. The van der Waals surface area contributed by atoms with Gasteiger partial charge < -0.3 is 4.74 Å². The minimum Gasteiger partial charge on any atom is -0.489 e. The quantitative estimate of drug-likeness (QED) is 0.193. The van der Waals surface area contributed by atoms with Crippen LogP contribution in [0.4, 0.5) is 22.0 Å². The molecule has 0 aliphatic carbocycles. The smallest absolute Gasteiger partial charge is 0.418 e. The van der Waals surface area contributed by atoms with Crippen LogP contribution in [0.5, 0.6) is 5.75 Å². The van der Waals surface area contributed by atoms with Crippen LogP contribution < -0.4 is 4.74 Å². The van der Waals surface area contributed by atoms with Crippen LogP contribution in [0, 0.1) is 11.6 Å². The number of benzene rings is 4. The van der Waals surface area contributed by atoms with Gasteiger partial charge >= 0.3 is 6.18 Å². The number of hydrogen-bond acceptors (Lipinski definition) is 2. The molecule has 0 saturated heterocycles. The van der Waals surface area contributed by atoms with Gasteiger partial charge in [-0.3, -0.25) is 4.68 Å². The van der Waals surface area contributed by atoms with Crippen molar-refractivity contribution < 1.29 is 26.7 Å².